The average Bonchev–Trinajstić information content (AvgIpc) is 2.79. The molecule has 2 heterocycles. The third kappa shape index (κ3) is 4.69. The summed E-state index contributed by atoms with van der Waals surface area (Å²) in [5, 5.41) is 0. The molecule has 0 aliphatic carbocycles. The number of nitrogens with zero attached hydrogens (tertiary/aromatic N) is 1. The molecule has 2 aromatic carbocycles. The third-order valence-corrected chi connectivity index (χ3v) is 4.66. The molecule has 30 heavy (non-hydrogen) atoms. The van der Waals surface area contributed by atoms with Crippen LogP contribution < -0.4 is 25.1 Å². The molecule has 0 saturated carbocycles. The lowest BCUT2D eigenvalue weighted by atomic mass is 10.2. The van der Waals surface area contributed by atoms with Crippen LogP contribution >= 0.6 is 15.9 Å². The van der Waals surface area contributed by atoms with Crippen LogP contribution in [-0.2, 0) is 4.79 Å². The van der Waals surface area contributed by atoms with Gasteiger partial charge in [0, 0.05) is 16.7 Å². The molecular formula is C21H16BrN3O5. The number of aromatic nitrogens is 1. The van der Waals surface area contributed by atoms with Gasteiger partial charge in [-0.05, 0) is 42.5 Å². The van der Waals surface area contributed by atoms with E-state index < -0.39 is 17.9 Å². The number of rotatable bonds is 4. The van der Waals surface area contributed by atoms with E-state index in [4.69, 9.17) is 14.2 Å². The van der Waals surface area contributed by atoms with Gasteiger partial charge in [0.25, 0.3) is 11.8 Å². The number of amides is 2. The van der Waals surface area contributed by atoms with Crippen molar-refractivity contribution in [3.8, 4) is 23.1 Å². The Morgan fingerprint density at radius 2 is 1.77 bits per heavy atom. The Hall–Kier alpha value is -3.59. The Bertz CT molecular complexity index is 1060. The number of benzene rings is 2. The number of fused-ring (bicyclic) bond motifs is 1. The molecule has 1 unspecified atom stereocenters. The van der Waals surface area contributed by atoms with Crippen LogP contribution in [-0.4, -0.2) is 29.5 Å². The lowest BCUT2D eigenvalue weighted by Crippen LogP contribution is -2.50. The highest BCUT2D eigenvalue weighted by molar-refractivity contribution is 9.10. The lowest BCUT2D eigenvalue weighted by molar-refractivity contribution is -0.131. The van der Waals surface area contributed by atoms with Crippen LogP contribution in [0.3, 0.4) is 0 Å². The number of ether oxygens (including phenoxy) is 3. The molecule has 1 aromatic heterocycles. The number of hydrazine groups is 1. The minimum Gasteiger partial charge on any atom is -0.485 e. The van der Waals surface area contributed by atoms with Gasteiger partial charge in [-0.2, -0.15) is 0 Å². The van der Waals surface area contributed by atoms with Crippen molar-refractivity contribution in [2.24, 2.45) is 0 Å². The predicted octanol–water partition coefficient (Wildman–Crippen LogP) is 3.24. The molecular weight excluding hydrogens is 454 g/mol. The molecule has 152 valence electrons. The molecule has 4 rings (SSSR count). The maximum absolute atomic E-state index is 12.3. The molecule has 1 aliphatic rings. The van der Waals surface area contributed by atoms with Gasteiger partial charge in [-0.1, -0.05) is 28.1 Å². The summed E-state index contributed by atoms with van der Waals surface area (Å²) in [6.45, 7) is 0.0440. The predicted molar refractivity (Wildman–Crippen MR) is 110 cm³/mol. The van der Waals surface area contributed by atoms with Gasteiger partial charge >= 0.3 is 0 Å². The van der Waals surface area contributed by atoms with Crippen molar-refractivity contribution in [3.05, 3.63) is 76.9 Å². The van der Waals surface area contributed by atoms with Crippen molar-refractivity contribution >= 4 is 27.7 Å². The monoisotopic (exact) mass is 469 g/mol. The van der Waals surface area contributed by atoms with Crippen molar-refractivity contribution in [2.75, 3.05) is 6.61 Å². The zero-order valence-electron chi connectivity index (χ0n) is 15.5. The maximum Gasteiger partial charge on any atom is 0.283 e. The molecule has 0 saturated heterocycles. The van der Waals surface area contributed by atoms with E-state index in [-0.39, 0.29) is 12.2 Å². The summed E-state index contributed by atoms with van der Waals surface area (Å²) in [6.07, 6.45) is 0.478. The van der Waals surface area contributed by atoms with Crippen molar-refractivity contribution < 1.29 is 23.8 Å². The fourth-order valence-corrected chi connectivity index (χ4v) is 2.88. The smallest absolute Gasteiger partial charge is 0.283 e. The summed E-state index contributed by atoms with van der Waals surface area (Å²) in [6, 6.07) is 17.4. The van der Waals surface area contributed by atoms with E-state index in [9.17, 15) is 9.59 Å². The number of pyridine rings is 1. The van der Waals surface area contributed by atoms with E-state index in [1.807, 2.05) is 18.2 Å². The van der Waals surface area contributed by atoms with E-state index >= 15 is 0 Å². The zero-order chi connectivity index (χ0) is 20.9. The first-order valence-corrected chi connectivity index (χ1v) is 9.76. The highest BCUT2D eigenvalue weighted by Crippen LogP contribution is 2.30. The molecule has 3 aromatic rings. The minimum absolute atomic E-state index is 0.0440. The lowest BCUT2D eigenvalue weighted by Gasteiger charge is -2.25. The highest BCUT2D eigenvalue weighted by atomic mass is 79.9. The van der Waals surface area contributed by atoms with Crippen LogP contribution in [0, 0.1) is 0 Å². The second kappa shape index (κ2) is 8.83. The molecule has 0 radical (unpaired) electrons. The van der Waals surface area contributed by atoms with Gasteiger partial charge in [-0.15, -0.1) is 0 Å². The second-order valence-corrected chi connectivity index (χ2v) is 7.16. The van der Waals surface area contributed by atoms with E-state index in [0.29, 0.717) is 23.1 Å². The van der Waals surface area contributed by atoms with Crippen LogP contribution in [0.1, 0.15) is 10.4 Å². The van der Waals surface area contributed by atoms with Gasteiger partial charge in [0.05, 0.1) is 5.56 Å². The largest absolute Gasteiger partial charge is 0.485 e. The number of carbonyl (C=O) groups excluding carboxylic acids is 2. The summed E-state index contributed by atoms with van der Waals surface area (Å²) in [5.41, 5.74) is 4.92. The minimum atomic E-state index is -0.875. The SMILES string of the molecule is O=C(NNC(=O)C1COc2ccccc2O1)c1ccc(Oc2ccc(Br)cc2)nc1. The molecule has 0 bridgehead atoms. The quantitative estimate of drug-likeness (QED) is 0.569. The van der Waals surface area contributed by atoms with Gasteiger partial charge in [0.15, 0.2) is 11.5 Å². The van der Waals surface area contributed by atoms with E-state index in [2.05, 4.69) is 31.8 Å². The molecule has 9 heteroatoms. The van der Waals surface area contributed by atoms with Crippen molar-refractivity contribution in [2.45, 2.75) is 6.10 Å². The first kappa shape index (κ1) is 19.7. The number of nitrogens with one attached hydrogen (secondary N) is 2. The fourth-order valence-electron chi connectivity index (χ4n) is 2.62. The number of halogens is 1. The molecule has 2 N–H and O–H groups in total. The maximum atomic E-state index is 12.3. The Morgan fingerprint density at radius 1 is 1.00 bits per heavy atom. The van der Waals surface area contributed by atoms with Gasteiger partial charge in [-0.3, -0.25) is 20.4 Å². The highest BCUT2D eigenvalue weighted by Gasteiger charge is 2.27. The summed E-state index contributed by atoms with van der Waals surface area (Å²) < 4.78 is 17.6. The zero-order valence-corrected chi connectivity index (χ0v) is 17.1. The van der Waals surface area contributed by atoms with Crippen molar-refractivity contribution in [1.82, 2.24) is 15.8 Å². The van der Waals surface area contributed by atoms with Crippen LogP contribution in [0.4, 0.5) is 0 Å². The van der Waals surface area contributed by atoms with E-state index in [1.54, 1.807) is 42.5 Å². The molecule has 0 spiro atoms. The number of hydrogen-bond acceptors (Lipinski definition) is 6. The molecule has 1 aliphatic heterocycles. The van der Waals surface area contributed by atoms with Gasteiger partial charge in [-0.25, -0.2) is 4.98 Å². The first-order chi connectivity index (χ1) is 14.6. The summed E-state index contributed by atoms with van der Waals surface area (Å²) in [4.78, 5) is 28.6. The fraction of sp³-hybridized carbons (Fsp3) is 0.0952. The average molecular weight is 470 g/mol. The van der Waals surface area contributed by atoms with Gasteiger partial charge in [0.1, 0.15) is 12.4 Å². The number of hydrogen-bond donors (Lipinski definition) is 2. The van der Waals surface area contributed by atoms with Crippen LogP contribution in [0.2, 0.25) is 0 Å². The molecule has 8 nitrogen and oxygen atoms in total. The summed E-state index contributed by atoms with van der Waals surface area (Å²) in [5.74, 6) is 0.947. The van der Waals surface area contributed by atoms with Gasteiger partial charge in [0.2, 0.25) is 12.0 Å². The third-order valence-electron chi connectivity index (χ3n) is 4.13. The Kier molecular flexibility index (Phi) is 5.80. The second-order valence-electron chi connectivity index (χ2n) is 6.25. The summed E-state index contributed by atoms with van der Waals surface area (Å²) in [7, 11) is 0. The normalized spacial score (nSPS) is 14.5. The van der Waals surface area contributed by atoms with Crippen LogP contribution in [0.25, 0.3) is 0 Å². The number of carbonyl (C=O) groups is 2. The Morgan fingerprint density at radius 3 is 2.50 bits per heavy atom. The molecule has 0 fully saturated rings. The van der Waals surface area contributed by atoms with Crippen LogP contribution in [0.5, 0.6) is 23.1 Å². The summed E-state index contributed by atoms with van der Waals surface area (Å²) >= 11 is 3.35. The standard InChI is InChI=1S/C21H16BrN3O5/c22-14-6-8-15(9-7-14)29-19-10-5-13(11-23-19)20(26)24-25-21(27)18-12-28-16-3-1-2-4-17(16)30-18/h1-11,18H,12H2,(H,24,26)(H,25,27). The number of para-hydroxylation sites is 2. The van der Waals surface area contributed by atoms with E-state index in [0.717, 1.165) is 4.47 Å². The van der Waals surface area contributed by atoms with Crippen molar-refractivity contribution in [1.29, 1.82) is 0 Å². The van der Waals surface area contributed by atoms with Gasteiger partial charge < -0.3 is 14.2 Å². The first-order valence-electron chi connectivity index (χ1n) is 8.96. The van der Waals surface area contributed by atoms with Crippen LogP contribution in [0.15, 0.2) is 71.3 Å². The van der Waals surface area contributed by atoms with Crippen molar-refractivity contribution in [3.63, 3.8) is 0 Å². The molecule has 1 atom stereocenters. The Labute approximate surface area is 180 Å². The Balaban J connectivity index is 1.29. The molecule has 2 amide bonds. The van der Waals surface area contributed by atoms with E-state index in [1.165, 1.54) is 6.20 Å². The topological polar surface area (TPSA) is 98.8 Å².